The summed E-state index contributed by atoms with van der Waals surface area (Å²) in [5.74, 6) is 5.67. The second-order valence-corrected chi connectivity index (χ2v) is 13.6. The zero-order chi connectivity index (χ0) is 30.8. The number of likely N-dealkylation sites (tertiary alicyclic amines) is 1. The Hall–Kier alpha value is -0.911. The Morgan fingerprint density at radius 3 is 1.28 bits per heavy atom. The number of nitrogens with zero attached hydrogens (tertiary/aromatic N) is 1. The maximum atomic E-state index is 2.69. The smallest absolute Gasteiger partial charge is 0.292 e. The number of benzene rings is 3. The van der Waals surface area contributed by atoms with Crippen LogP contribution in [-0.4, -0.2) is 17.0 Å². The van der Waals surface area contributed by atoms with Crippen molar-refractivity contribution in [1.29, 1.82) is 0 Å². The van der Waals surface area contributed by atoms with Crippen LogP contribution in [0.25, 0.3) is 0 Å². The second-order valence-electron chi connectivity index (χ2n) is 11.4. The molecule has 8 rings (SSSR count). The SMILES string of the molecule is C[C@H]1[C]2[CH][CH][CH][C]2[C]2[CH][CH][CH][C]2[C@H](C)N1Cc1ccccc1P(c1ccccc1)c1ccccc1.[CH]1[CH][CH][CH][CH]1.[CH]1[CH][CH][CH][CH]1.[Fe+2].[Fe+2]. The third kappa shape index (κ3) is 9.87. The van der Waals surface area contributed by atoms with Crippen LogP contribution in [0.4, 0.5) is 0 Å². The summed E-state index contributed by atoms with van der Waals surface area (Å²) in [4.78, 5) is 2.69. The molecule has 47 heavy (non-hydrogen) atoms. The minimum atomic E-state index is -0.642. The molecule has 1 aliphatic heterocycles. The van der Waals surface area contributed by atoms with Gasteiger partial charge in [-0.2, -0.15) is 0 Å². The van der Waals surface area contributed by atoms with Gasteiger partial charge in [-0.3, -0.25) is 4.90 Å². The molecule has 234 valence electrons. The zero-order valence-corrected chi connectivity index (χ0v) is 29.9. The molecule has 0 aromatic heterocycles. The molecule has 5 fully saturated rings. The van der Waals surface area contributed by atoms with E-state index in [1.807, 2.05) is 64.2 Å². The minimum Gasteiger partial charge on any atom is -0.292 e. The molecule has 3 aromatic rings. The van der Waals surface area contributed by atoms with Crippen LogP contribution in [0.2, 0.25) is 0 Å². The van der Waals surface area contributed by atoms with E-state index in [9.17, 15) is 0 Å². The van der Waals surface area contributed by atoms with E-state index in [2.05, 4.69) is 142 Å². The largest absolute Gasteiger partial charge is 2.00 e. The van der Waals surface area contributed by atoms with Gasteiger partial charge in [-0.05, 0) is 158 Å². The minimum absolute atomic E-state index is 0. The van der Waals surface area contributed by atoms with Crippen molar-refractivity contribution in [3.63, 3.8) is 0 Å². The Morgan fingerprint density at radius 2 is 0.851 bits per heavy atom. The summed E-state index contributed by atoms with van der Waals surface area (Å²) in [6.45, 7) is 5.67. The topological polar surface area (TPSA) is 3.24 Å². The van der Waals surface area contributed by atoms with Crippen LogP contribution in [0, 0.1) is 126 Å². The van der Waals surface area contributed by atoms with Crippen LogP contribution in [-0.2, 0) is 40.7 Å². The van der Waals surface area contributed by atoms with Gasteiger partial charge in [0.25, 0.3) is 0 Å². The Morgan fingerprint density at radius 1 is 0.468 bits per heavy atom. The van der Waals surface area contributed by atoms with Gasteiger partial charge in [0.05, 0.1) is 0 Å². The normalized spacial score (nSPS) is 23.4. The van der Waals surface area contributed by atoms with E-state index in [1.54, 1.807) is 0 Å². The summed E-state index contributed by atoms with van der Waals surface area (Å²) in [6, 6.07) is 31.9. The maximum absolute atomic E-state index is 2.69. The molecule has 0 spiro atoms. The van der Waals surface area contributed by atoms with Gasteiger partial charge in [-0.25, -0.2) is 0 Å². The van der Waals surface area contributed by atoms with Crippen LogP contribution in [0.3, 0.4) is 0 Å². The van der Waals surface area contributed by atoms with Crippen molar-refractivity contribution in [1.82, 2.24) is 4.90 Å². The van der Waals surface area contributed by atoms with Gasteiger partial charge < -0.3 is 0 Å². The number of fused-ring (bicyclic) bond motifs is 3. The van der Waals surface area contributed by atoms with E-state index in [4.69, 9.17) is 0 Å². The first-order chi connectivity index (χ1) is 22.2. The molecule has 3 aromatic carbocycles. The summed E-state index contributed by atoms with van der Waals surface area (Å²) in [7, 11) is -0.642. The van der Waals surface area contributed by atoms with E-state index >= 15 is 0 Å². The Balaban J connectivity index is 0.000000357. The number of rotatable bonds is 5. The van der Waals surface area contributed by atoms with Gasteiger partial charge in [0, 0.05) is 30.5 Å². The molecule has 0 amide bonds. The monoisotopic (exact) mass is 713 g/mol. The first kappa shape index (κ1) is 38.9. The summed E-state index contributed by atoms with van der Waals surface area (Å²) >= 11 is 0. The van der Waals surface area contributed by atoms with Gasteiger partial charge in [0.15, 0.2) is 0 Å². The Kier molecular flexibility index (Phi) is 16.6. The molecule has 2 atom stereocenters. The molecular formula is C43H40Fe2NP+4. The third-order valence-electron chi connectivity index (χ3n) is 8.61. The molecule has 4 saturated carbocycles. The molecule has 1 nitrogen and oxygen atoms in total. The van der Waals surface area contributed by atoms with Crippen LogP contribution < -0.4 is 15.9 Å². The van der Waals surface area contributed by atoms with Crippen LogP contribution in [0.1, 0.15) is 19.4 Å². The average Bonchev–Trinajstić information content (AvgIpc) is 3.93. The van der Waals surface area contributed by atoms with E-state index in [0.717, 1.165) is 6.54 Å². The van der Waals surface area contributed by atoms with Crippen molar-refractivity contribution in [2.75, 3.05) is 0 Å². The van der Waals surface area contributed by atoms with E-state index in [0.29, 0.717) is 12.1 Å². The Labute approximate surface area is 310 Å². The van der Waals surface area contributed by atoms with Crippen molar-refractivity contribution in [2.45, 2.75) is 32.5 Å². The van der Waals surface area contributed by atoms with Crippen molar-refractivity contribution in [3.8, 4) is 0 Å². The fraction of sp³-hybridized carbons (Fsp3) is 0.116. The molecule has 4 aliphatic carbocycles. The summed E-state index contributed by atoms with van der Waals surface area (Å²) in [6.07, 6.45) is 33.6. The summed E-state index contributed by atoms with van der Waals surface area (Å²) in [5.41, 5.74) is 1.42. The van der Waals surface area contributed by atoms with Crippen molar-refractivity contribution >= 4 is 23.8 Å². The van der Waals surface area contributed by atoms with Crippen molar-refractivity contribution in [3.05, 3.63) is 217 Å². The van der Waals surface area contributed by atoms with Crippen LogP contribution in [0.15, 0.2) is 84.9 Å². The predicted molar refractivity (Wildman–Crippen MR) is 191 cm³/mol. The van der Waals surface area contributed by atoms with E-state index in [-0.39, 0.29) is 34.1 Å². The van der Waals surface area contributed by atoms with E-state index in [1.165, 1.54) is 45.1 Å². The standard InChI is InChI=1S/C33H30NP.2C5H5.2Fe/c1-24-29-18-11-20-31(29)32-21-12-19-30(32)25(2)34(24)23-26-13-9-10-22-33(26)35(27-14-5-3-6-15-27)28-16-7-4-8-17-28;2*1-2-4-5-3-1;;/h3-22,24-25H,23H2,1-2H3;2*1-5H;;/q;;;2*+2/t24-,25-;;;;/m0..../s1. The fourth-order valence-electron chi connectivity index (χ4n) is 6.34. The van der Waals surface area contributed by atoms with Gasteiger partial charge in [0.1, 0.15) is 0 Å². The molecule has 5 aliphatic rings. The third-order valence-corrected chi connectivity index (χ3v) is 11.2. The average molecular weight is 713 g/mol. The molecular weight excluding hydrogens is 673 g/mol. The zero-order valence-electron chi connectivity index (χ0n) is 26.8. The summed E-state index contributed by atoms with van der Waals surface area (Å²) < 4.78 is 0. The molecule has 0 N–H and O–H groups in total. The first-order valence-corrected chi connectivity index (χ1v) is 17.2. The quantitative estimate of drug-likeness (QED) is 0.194. The Bertz CT molecular complexity index is 1190. The van der Waals surface area contributed by atoms with Crippen LogP contribution in [0.5, 0.6) is 0 Å². The molecule has 0 unspecified atom stereocenters. The van der Waals surface area contributed by atoms with Gasteiger partial charge in [-0.1, -0.05) is 84.9 Å². The van der Waals surface area contributed by atoms with Crippen molar-refractivity contribution in [2.24, 2.45) is 0 Å². The number of hydrogen-bond donors (Lipinski definition) is 0. The molecule has 20 radical (unpaired) electrons. The van der Waals surface area contributed by atoms with Crippen molar-refractivity contribution < 1.29 is 34.1 Å². The van der Waals surface area contributed by atoms with Gasteiger partial charge in [0.2, 0.25) is 0 Å². The first-order valence-electron chi connectivity index (χ1n) is 15.8. The predicted octanol–water partition coefficient (Wildman–Crippen LogP) is 7.63. The number of hydrogen-bond acceptors (Lipinski definition) is 1. The molecule has 1 heterocycles. The second kappa shape index (κ2) is 20.1. The fourth-order valence-corrected chi connectivity index (χ4v) is 8.80. The van der Waals surface area contributed by atoms with Gasteiger partial charge >= 0.3 is 34.1 Å². The molecule has 1 saturated heterocycles. The molecule has 4 heteroatoms. The van der Waals surface area contributed by atoms with Crippen LogP contribution >= 0.6 is 7.92 Å². The molecule has 0 bridgehead atoms. The maximum Gasteiger partial charge on any atom is 2.00 e. The summed E-state index contributed by atoms with van der Waals surface area (Å²) in [5, 5.41) is 4.25. The van der Waals surface area contributed by atoms with E-state index < -0.39 is 7.92 Å². The van der Waals surface area contributed by atoms with Gasteiger partial charge in [-0.15, -0.1) is 0 Å².